The molecule has 0 saturated carbocycles. The molecule has 0 radical (unpaired) electrons. The first-order valence-electron chi connectivity index (χ1n) is 9.01. The van der Waals surface area contributed by atoms with Crippen LogP contribution in [0.5, 0.6) is 0 Å². The minimum absolute atomic E-state index is 0.138. The van der Waals surface area contributed by atoms with Gasteiger partial charge >= 0.3 is 0 Å². The monoisotopic (exact) mass is 407 g/mol. The average molecular weight is 408 g/mol. The third-order valence-corrected chi connectivity index (χ3v) is 7.42. The van der Waals surface area contributed by atoms with Crippen molar-refractivity contribution in [1.82, 2.24) is 9.62 Å². The number of nitrogens with one attached hydrogen (secondary N) is 1. The third-order valence-electron chi connectivity index (χ3n) is 4.68. The molecule has 1 amide bonds. The van der Waals surface area contributed by atoms with Crippen molar-refractivity contribution >= 4 is 33.0 Å². The summed E-state index contributed by atoms with van der Waals surface area (Å²) >= 11 is 1.66. The van der Waals surface area contributed by atoms with Crippen LogP contribution >= 0.6 is 11.3 Å². The second-order valence-electron chi connectivity index (χ2n) is 6.75. The van der Waals surface area contributed by atoms with Crippen LogP contribution in [0.2, 0.25) is 0 Å². The van der Waals surface area contributed by atoms with Gasteiger partial charge in [-0.25, -0.2) is 12.7 Å². The molecule has 0 spiro atoms. The highest BCUT2D eigenvalue weighted by Crippen LogP contribution is 2.28. The lowest BCUT2D eigenvalue weighted by atomic mass is 10.1. The highest BCUT2D eigenvalue weighted by molar-refractivity contribution is 7.89. The van der Waals surface area contributed by atoms with Crippen molar-refractivity contribution in [2.75, 3.05) is 38.6 Å². The standard InChI is InChI=1S/C19H25N3O3S2/c1-21(2)27(24,25)16-7-8-18(22-11-3-4-12-22)17(14-16)19(23)20-10-9-15-6-5-13-26-15/h5-8,13-14H,3-4,9-12H2,1-2H3,(H,20,23). The molecule has 1 aliphatic rings. The van der Waals surface area contributed by atoms with Crippen LogP contribution < -0.4 is 10.2 Å². The van der Waals surface area contributed by atoms with E-state index in [1.54, 1.807) is 23.5 Å². The Bertz CT molecular complexity index is 887. The molecule has 3 rings (SSSR count). The van der Waals surface area contributed by atoms with E-state index in [1.165, 1.54) is 25.0 Å². The lowest BCUT2D eigenvalue weighted by Crippen LogP contribution is -2.30. The molecule has 1 N–H and O–H groups in total. The van der Waals surface area contributed by atoms with Crippen molar-refractivity contribution in [3.63, 3.8) is 0 Å². The SMILES string of the molecule is CN(C)S(=O)(=O)c1ccc(N2CCCC2)c(C(=O)NCCc2cccs2)c1. The van der Waals surface area contributed by atoms with Crippen LogP contribution in [0.1, 0.15) is 28.1 Å². The number of carbonyl (C=O) groups is 1. The van der Waals surface area contributed by atoms with Gasteiger partial charge in [0.2, 0.25) is 10.0 Å². The van der Waals surface area contributed by atoms with E-state index in [2.05, 4.69) is 10.2 Å². The second kappa shape index (κ2) is 8.41. The van der Waals surface area contributed by atoms with E-state index in [4.69, 9.17) is 0 Å². The topological polar surface area (TPSA) is 69.7 Å². The van der Waals surface area contributed by atoms with Gasteiger partial charge in [0.05, 0.1) is 10.5 Å². The lowest BCUT2D eigenvalue weighted by Gasteiger charge is -2.22. The summed E-state index contributed by atoms with van der Waals surface area (Å²) < 4.78 is 26.1. The predicted molar refractivity (Wildman–Crippen MR) is 109 cm³/mol. The maximum Gasteiger partial charge on any atom is 0.253 e. The summed E-state index contributed by atoms with van der Waals surface area (Å²) in [5.41, 5.74) is 1.23. The number of nitrogens with zero attached hydrogens (tertiary/aromatic N) is 2. The van der Waals surface area contributed by atoms with E-state index in [0.29, 0.717) is 12.1 Å². The Hall–Kier alpha value is -1.90. The minimum Gasteiger partial charge on any atom is -0.371 e. The fourth-order valence-corrected chi connectivity index (χ4v) is 4.79. The Morgan fingerprint density at radius 3 is 2.59 bits per heavy atom. The van der Waals surface area contributed by atoms with Gasteiger partial charge in [-0.2, -0.15) is 0 Å². The van der Waals surface area contributed by atoms with Gasteiger partial charge in [0, 0.05) is 44.3 Å². The predicted octanol–water partition coefficient (Wildman–Crippen LogP) is 2.57. The van der Waals surface area contributed by atoms with Crippen LogP contribution in [0.15, 0.2) is 40.6 Å². The molecule has 1 saturated heterocycles. The minimum atomic E-state index is -3.59. The zero-order chi connectivity index (χ0) is 19.4. The van der Waals surface area contributed by atoms with Crippen LogP contribution in [-0.4, -0.2) is 52.4 Å². The van der Waals surface area contributed by atoms with Crippen LogP contribution in [0.3, 0.4) is 0 Å². The maximum absolute atomic E-state index is 12.9. The van der Waals surface area contributed by atoms with Crippen molar-refractivity contribution in [2.45, 2.75) is 24.2 Å². The Kier molecular flexibility index (Phi) is 6.18. The fraction of sp³-hybridized carbons (Fsp3) is 0.421. The molecule has 0 unspecified atom stereocenters. The summed E-state index contributed by atoms with van der Waals surface area (Å²) in [4.78, 5) is 16.4. The Labute approximate surface area is 164 Å². The Morgan fingerprint density at radius 2 is 1.96 bits per heavy atom. The maximum atomic E-state index is 12.9. The summed E-state index contributed by atoms with van der Waals surface area (Å²) in [6.45, 7) is 2.29. The van der Waals surface area contributed by atoms with Gasteiger partial charge in [0.25, 0.3) is 5.91 Å². The normalized spacial score (nSPS) is 14.7. The lowest BCUT2D eigenvalue weighted by molar-refractivity contribution is 0.0954. The van der Waals surface area contributed by atoms with Crippen LogP contribution in [0.25, 0.3) is 0 Å². The van der Waals surface area contributed by atoms with Gasteiger partial charge in [-0.05, 0) is 48.9 Å². The first kappa shape index (κ1) is 19.9. The van der Waals surface area contributed by atoms with Gasteiger partial charge in [0.15, 0.2) is 0 Å². The number of benzene rings is 1. The van der Waals surface area contributed by atoms with Gasteiger partial charge in [-0.15, -0.1) is 11.3 Å². The van der Waals surface area contributed by atoms with Gasteiger partial charge in [-0.1, -0.05) is 6.07 Å². The third kappa shape index (κ3) is 4.51. The first-order valence-corrected chi connectivity index (χ1v) is 11.3. The first-order chi connectivity index (χ1) is 12.9. The Balaban J connectivity index is 1.85. The second-order valence-corrected chi connectivity index (χ2v) is 9.93. The van der Waals surface area contributed by atoms with Gasteiger partial charge in [-0.3, -0.25) is 4.79 Å². The van der Waals surface area contributed by atoms with Crippen molar-refractivity contribution in [2.24, 2.45) is 0 Å². The summed E-state index contributed by atoms with van der Waals surface area (Å²) in [5.74, 6) is -0.232. The van der Waals surface area contributed by atoms with E-state index in [9.17, 15) is 13.2 Å². The van der Waals surface area contributed by atoms with Crippen LogP contribution in [-0.2, 0) is 16.4 Å². The number of anilines is 1. The largest absolute Gasteiger partial charge is 0.371 e. The quantitative estimate of drug-likeness (QED) is 0.766. The van der Waals surface area contributed by atoms with E-state index in [0.717, 1.165) is 42.3 Å². The molecule has 1 aliphatic heterocycles. The number of amides is 1. The molecule has 1 aromatic carbocycles. The molecule has 2 aromatic rings. The fourth-order valence-electron chi connectivity index (χ4n) is 3.15. The number of thiophene rings is 1. The molecule has 0 aliphatic carbocycles. The van der Waals surface area contributed by atoms with Crippen molar-refractivity contribution in [1.29, 1.82) is 0 Å². The molecule has 1 aromatic heterocycles. The number of rotatable bonds is 7. The number of sulfonamides is 1. The van der Waals surface area contributed by atoms with Gasteiger partial charge < -0.3 is 10.2 Å². The molecule has 146 valence electrons. The molecule has 0 atom stereocenters. The van der Waals surface area contributed by atoms with E-state index in [-0.39, 0.29) is 10.8 Å². The Morgan fingerprint density at radius 1 is 1.22 bits per heavy atom. The number of hydrogen-bond donors (Lipinski definition) is 1. The summed E-state index contributed by atoms with van der Waals surface area (Å²) in [5, 5.41) is 4.95. The van der Waals surface area contributed by atoms with Crippen molar-refractivity contribution in [3.05, 3.63) is 46.2 Å². The highest BCUT2D eigenvalue weighted by Gasteiger charge is 2.24. The number of hydrogen-bond acceptors (Lipinski definition) is 5. The summed E-state index contributed by atoms with van der Waals surface area (Å²) in [6, 6.07) is 8.88. The van der Waals surface area contributed by atoms with Crippen molar-refractivity contribution in [3.8, 4) is 0 Å². The molecule has 6 nitrogen and oxygen atoms in total. The molecule has 0 bridgehead atoms. The zero-order valence-corrected chi connectivity index (χ0v) is 17.3. The molecular weight excluding hydrogens is 382 g/mol. The van der Waals surface area contributed by atoms with E-state index >= 15 is 0 Å². The summed E-state index contributed by atoms with van der Waals surface area (Å²) in [7, 11) is -0.612. The molecule has 1 fully saturated rings. The smallest absolute Gasteiger partial charge is 0.253 e. The summed E-state index contributed by atoms with van der Waals surface area (Å²) in [6.07, 6.45) is 2.92. The van der Waals surface area contributed by atoms with Gasteiger partial charge in [0.1, 0.15) is 0 Å². The zero-order valence-electron chi connectivity index (χ0n) is 15.6. The highest BCUT2D eigenvalue weighted by atomic mass is 32.2. The molecular formula is C19H25N3O3S2. The van der Waals surface area contributed by atoms with E-state index in [1.807, 2.05) is 17.5 Å². The average Bonchev–Trinajstić information content (AvgIpc) is 3.35. The van der Waals surface area contributed by atoms with Crippen molar-refractivity contribution < 1.29 is 13.2 Å². The van der Waals surface area contributed by atoms with Crippen LogP contribution in [0.4, 0.5) is 5.69 Å². The van der Waals surface area contributed by atoms with E-state index < -0.39 is 10.0 Å². The molecule has 27 heavy (non-hydrogen) atoms. The molecule has 8 heteroatoms. The van der Waals surface area contributed by atoms with Crippen LogP contribution in [0, 0.1) is 0 Å². The number of carbonyl (C=O) groups excluding carboxylic acids is 1. The molecule has 2 heterocycles.